The second-order valence-corrected chi connectivity index (χ2v) is 41.9. The van der Waals surface area contributed by atoms with E-state index >= 15 is 0 Å². The van der Waals surface area contributed by atoms with Gasteiger partial charge in [0.05, 0.1) is 0 Å². The Morgan fingerprint density at radius 2 is 0.351 bits per heavy atom. The predicted molar refractivity (Wildman–Crippen MR) is 397 cm³/mol. The molecule has 0 aliphatic rings. The Bertz CT molecular complexity index is 4330. The first-order valence-corrected chi connectivity index (χ1v) is 43.8. The molecule has 6 heteroatoms. The first kappa shape index (κ1) is 70.2. The second kappa shape index (κ2) is 35.4. The van der Waals surface area contributed by atoms with Gasteiger partial charge in [0, 0.05) is 0 Å². The molecule has 456 valence electrons. The Hall–Kier alpha value is -8.14. The van der Waals surface area contributed by atoms with Crippen molar-refractivity contribution < 1.29 is 71.5 Å². The molecule has 94 heavy (non-hydrogen) atoms. The Morgan fingerprint density at radius 3 is 0.511 bits per heavy atom. The average Bonchev–Trinajstić information content (AvgIpc) is 1.67. The van der Waals surface area contributed by atoms with Gasteiger partial charge in [0.1, 0.15) is 0 Å². The molecule has 0 nitrogen and oxygen atoms in total. The van der Waals surface area contributed by atoms with E-state index in [1.807, 2.05) is 0 Å². The Labute approximate surface area is 598 Å². The molecule has 0 saturated carbocycles. The summed E-state index contributed by atoms with van der Waals surface area (Å²) in [5.41, 5.74) is 20.9. The molecular weight excluding hydrogens is 1370 g/mol. The quantitative estimate of drug-likeness (QED) is 0.105. The monoisotopic (exact) mass is 1430 g/mol. The van der Waals surface area contributed by atoms with Crippen molar-refractivity contribution in [1.82, 2.24) is 0 Å². The molecule has 16 rings (SSSR count). The third-order valence-electron chi connectivity index (χ3n) is 15.8. The van der Waals surface area contributed by atoms with Gasteiger partial charge in [-0.1, -0.05) is 336 Å². The molecule has 0 N–H and O–H groups in total. The molecule has 0 radical (unpaired) electrons. The van der Waals surface area contributed by atoms with Gasteiger partial charge in [-0.25, -0.2) is 0 Å². The molecule has 0 unspecified atom stereocenters. The summed E-state index contributed by atoms with van der Waals surface area (Å²) in [4.78, 5) is 0. The van der Waals surface area contributed by atoms with Crippen LogP contribution in [0, 0.1) is 0 Å². The van der Waals surface area contributed by atoms with Crippen LogP contribution in [0.4, 0.5) is 0 Å². The summed E-state index contributed by atoms with van der Waals surface area (Å²) in [7, 11) is 0. The molecule has 0 fully saturated rings. The van der Waals surface area contributed by atoms with Crippen molar-refractivity contribution in [3.8, 4) is 89.0 Å². The summed E-state index contributed by atoms with van der Waals surface area (Å²) in [6.07, 6.45) is 0. The van der Waals surface area contributed by atoms with Crippen LogP contribution in [0.15, 0.2) is 364 Å². The third-order valence-corrected chi connectivity index (χ3v) is 15.8. The minimum atomic E-state index is 0. The molecule has 0 heterocycles. The minimum absolute atomic E-state index is 0. The number of benzene rings is 12. The molecule has 16 aromatic carbocycles. The standard InChI is InChI=1S/4C21H15.2C2H6Si.2ClH.2Zr/c4*1-3-8-16(9-4-1)19-14-18-12-7-13-20(21(18)15-19)17-10-5-2-6-11-17;2*1-3-2;;;;/h4*1-15H;2*1-2H3;2*1H;;/q4*-1;;;;;2*+2/p-2. The zero-order valence-electron chi connectivity index (χ0n) is 53.4. The maximum Gasteiger partial charge on any atom is -0.0259 e. The van der Waals surface area contributed by atoms with Gasteiger partial charge in [-0.2, -0.15) is 0 Å². The fraction of sp³-hybridized carbons (Fsp3) is 0.0455. The van der Waals surface area contributed by atoms with Crippen LogP contribution in [-0.4, -0.2) is 10.9 Å². The summed E-state index contributed by atoms with van der Waals surface area (Å²) in [5.74, 6) is 0. The number of fused-ring (bicyclic) bond motifs is 4. The van der Waals surface area contributed by atoms with Gasteiger partial charge in [-0.05, 0) is 22.3 Å². The molecular formula is C88H72Cl2Si2Zr2-2. The zero-order chi connectivity index (χ0) is 63.4. The summed E-state index contributed by atoms with van der Waals surface area (Å²) >= 11 is 3.48. The normalized spacial score (nSPS) is 10.3. The molecule has 0 atom stereocenters. The van der Waals surface area contributed by atoms with Crippen molar-refractivity contribution in [2.45, 2.75) is 26.2 Å². The van der Waals surface area contributed by atoms with Crippen molar-refractivity contribution in [3.05, 3.63) is 364 Å². The van der Waals surface area contributed by atoms with E-state index in [-0.39, 0.29) is 35.7 Å². The molecule has 0 bridgehead atoms. The van der Waals surface area contributed by atoms with E-state index in [0.29, 0.717) is 0 Å². The van der Waals surface area contributed by atoms with Crippen molar-refractivity contribution in [2.75, 3.05) is 0 Å². The van der Waals surface area contributed by atoms with E-state index in [1.54, 1.807) is 46.7 Å². The molecule has 0 spiro atoms. The Kier molecular flexibility index (Phi) is 26.4. The number of halogens is 2. The summed E-state index contributed by atoms with van der Waals surface area (Å²) in [5, 5.41) is 10.5. The van der Waals surface area contributed by atoms with Crippen LogP contribution in [0.5, 0.6) is 0 Å². The van der Waals surface area contributed by atoms with Gasteiger partial charge < -0.3 is 24.8 Å². The smallest absolute Gasteiger partial charge is 0.0259 e. The van der Waals surface area contributed by atoms with Crippen LogP contribution in [0.1, 0.15) is 0 Å². The van der Waals surface area contributed by atoms with Crippen molar-refractivity contribution in [3.63, 3.8) is 0 Å². The average molecular weight is 1440 g/mol. The SMILES string of the molecule is C[Si](C)=[Zr+2].C[Si](C)=[Zr+2].[Cl-].[Cl-].c1ccc(-c2cc3c(-c4ccccc4)cccc3[cH-]2)cc1.c1ccc(-c2cc3c(-c4ccccc4)cccc3[cH-]2)cc1.c1ccc(-c2cc3c(-c4ccccc4)cccc3[cH-]2)cc1.c1ccc(-c2cc3c(-c4ccccc4)cccc3[cH-]2)cc1. The van der Waals surface area contributed by atoms with Crippen LogP contribution in [0.3, 0.4) is 0 Å². The van der Waals surface area contributed by atoms with Crippen LogP contribution in [-0.2, 0) is 46.7 Å². The topological polar surface area (TPSA) is 0 Å². The zero-order valence-corrected chi connectivity index (χ0v) is 61.8. The number of hydrogen-bond acceptors (Lipinski definition) is 0. The van der Waals surface area contributed by atoms with E-state index in [9.17, 15) is 0 Å². The molecule has 0 aliphatic heterocycles. The van der Waals surface area contributed by atoms with Crippen molar-refractivity contribution >= 4 is 54.0 Å². The summed E-state index contributed by atoms with van der Waals surface area (Å²) < 4.78 is 0. The first-order chi connectivity index (χ1) is 45.1. The van der Waals surface area contributed by atoms with E-state index < -0.39 is 0 Å². The van der Waals surface area contributed by atoms with Crippen molar-refractivity contribution in [1.29, 1.82) is 0 Å². The van der Waals surface area contributed by atoms with Crippen LogP contribution in [0.25, 0.3) is 132 Å². The largest absolute Gasteiger partial charge is 1.00 e. The minimum Gasteiger partial charge on any atom is -1.00 e. The fourth-order valence-electron chi connectivity index (χ4n) is 11.6. The van der Waals surface area contributed by atoms with Gasteiger partial charge in [0.25, 0.3) is 0 Å². The van der Waals surface area contributed by atoms with Crippen LogP contribution >= 0.6 is 0 Å². The second-order valence-electron chi connectivity index (χ2n) is 23.1. The molecule has 0 aliphatic carbocycles. The Morgan fingerprint density at radius 1 is 0.202 bits per heavy atom. The van der Waals surface area contributed by atoms with E-state index in [2.05, 4.69) is 390 Å². The molecule has 0 amide bonds. The fourth-order valence-corrected chi connectivity index (χ4v) is 11.6. The van der Waals surface area contributed by atoms with Gasteiger partial charge >= 0.3 is 83.7 Å². The molecule has 0 saturated heterocycles. The molecule has 16 aromatic rings. The summed E-state index contributed by atoms with van der Waals surface area (Å²) in [6.45, 7) is 9.23. The Balaban J connectivity index is 0.000000141. The van der Waals surface area contributed by atoms with Gasteiger partial charge in [-0.15, -0.1) is 138 Å². The van der Waals surface area contributed by atoms with E-state index in [1.165, 1.54) is 132 Å². The predicted octanol–water partition coefficient (Wildman–Crippen LogP) is 19.1. The maximum atomic E-state index is 2.31. The van der Waals surface area contributed by atoms with Crippen molar-refractivity contribution in [2.24, 2.45) is 0 Å². The van der Waals surface area contributed by atoms with Gasteiger partial charge in [0.2, 0.25) is 0 Å². The van der Waals surface area contributed by atoms with Gasteiger partial charge in [-0.3, -0.25) is 0 Å². The van der Waals surface area contributed by atoms with E-state index in [4.69, 9.17) is 0 Å². The van der Waals surface area contributed by atoms with E-state index in [0.717, 1.165) is 0 Å². The number of hydrogen-bond donors (Lipinski definition) is 0. The molecule has 0 aromatic heterocycles. The first-order valence-electron chi connectivity index (χ1n) is 31.4. The maximum absolute atomic E-state index is 2.31. The number of rotatable bonds is 8. The van der Waals surface area contributed by atoms with Crippen LogP contribution < -0.4 is 24.8 Å². The summed E-state index contributed by atoms with van der Waals surface area (Å²) in [6, 6.07) is 129. The van der Waals surface area contributed by atoms with Crippen LogP contribution in [0.2, 0.25) is 26.2 Å². The third kappa shape index (κ3) is 18.6. The van der Waals surface area contributed by atoms with Gasteiger partial charge in [0.15, 0.2) is 0 Å².